The van der Waals surface area contributed by atoms with Gasteiger partial charge < -0.3 is 20.5 Å². The molecule has 0 saturated carbocycles. The van der Waals surface area contributed by atoms with Crippen LogP contribution < -0.4 is 15.8 Å². The van der Waals surface area contributed by atoms with E-state index in [1.54, 1.807) is 18.2 Å². The first-order valence-electron chi connectivity index (χ1n) is 7.47. The second kappa shape index (κ2) is 9.23. The Hall–Kier alpha value is -1.75. The van der Waals surface area contributed by atoms with Gasteiger partial charge in [-0.2, -0.15) is 0 Å². The smallest absolute Gasteiger partial charge is 0.338 e. The zero-order valence-electron chi connectivity index (χ0n) is 13.1. The number of hydrogen-bond acceptors (Lipinski definition) is 5. The van der Waals surface area contributed by atoms with Crippen molar-refractivity contribution in [2.24, 2.45) is 0 Å². The molecule has 21 heavy (non-hydrogen) atoms. The Morgan fingerprint density at radius 3 is 2.71 bits per heavy atom. The molecule has 0 amide bonds. The Balaban J connectivity index is 2.47. The van der Waals surface area contributed by atoms with Crippen LogP contribution in [0.4, 0.5) is 5.69 Å². The molecule has 0 aliphatic heterocycles. The number of nitrogens with two attached hydrogens (primary N) is 1. The summed E-state index contributed by atoms with van der Waals surface area (Å²) in [6.07, 6.45) is 2.04. The summed E-state index contributed by atoms with van der Waals surface area (Å²) in [6, 6.07) is 5.36. The first kappa shape index (κ1) is 17.3. The third-order valence-electron chi connectivity index (χ3n) is 2.89. The SMILES string of the molecule is CCCCOc1ccc(C(=O)OCCNC(C)C)cc1N. The lowest BCUT2D eigenvalue weighted by Crippen LogP contribution is -2.27. The average Bonchev–Trinajstić information content (AvgIpc) is 2.45. The number of hydrogen-bond donors (Lipinski definition) is 2. The standard InChI is InChI=1S/C16H26N2O3/c1-4-5-9-20-15-7-6-13(11-14(15)17)16(19)21-10-8-18-12(2)3/h6-7,11-12,18H,4-5,8-10,17H2,1-3H3. The lowest BCUT2D eigenvalue weighted by Gasteiger charge is -2.11. The van der Waals surface area contributed by atoms with Gasteiger partial charge in [0.05, 0.1) is 17.9 Å². The zero-order chi connectivity index (χ0) is 15.7. The van der Waals surface area contributed by atoms with Crippen LogP contribution in [0.15, 0.2) is 18.2 Å². The first-order chi connectivity index (χ1) is 10.0. The van der Waals surface area contributed by atoms with E-state index in [1.807, 2.05) is 13.8 Å². The average molecular weight is 294 g/mol. The van der Waals surface area contributed by atoms with Crippen molar-refractivity contribution in [2.75, 3.05) is 25.5 Å². The van der Waals surface area contributed by atoms with Crippen LogP contribution in [-0.2, 0) is 4.74 Å². The van der Waals surface area contributed by atoms with Gasteiger partial charge in [0.2, 0.25) is 0 Å². The number of unbranched alkanes of at least 4 members (excludes halogenated alkanes) is 1. The van der Waals surface area contributed by atoms with Crippen molar-refractivity contribution in [2.45, 2.75) is 39.7 Å². The highest BCUT2D eigenvalue weighted by Gasteiger charge is 2.10. The summed E-state index contributed by atoms with van der Waals surface area (Å²) in [5, 5.41) is 3.18. The van der Waals surface area contributed by atoms with Gasteiger partial charge in [0.15, 0.2) is 0 Å². The minimum absolute atomic E-state index is 0.339. The van der Waals surface area contributed by atoms with Crippen LogP contribution in [0, 0.1) is 0 Å². The van der Waals surface area contributed by atoms with Gasteiger partial charge in [0.25, 0.3) is 0 Å². The lowest BCUT2D eigenvalue weighted by molar-refractivity contribution is 0.0506. The summed E-state index contributed by atoms with van der Waals surface area (Å²) < 4.78 is 10.7. The molecule has 0 aliphatic rings. The molecule has 0 fully saturated rings. The fourth-order valence-electron chi connectivity index (χ4n) is 1.71. The van der Waals surface area contributed by atoms with E-state index in [1.165, 1.54) is 0 Å². The normalized spacial score (nSPS) is 10.7. The molecule has 0 saturated heterocycles. The Kier molecular flexibility index (Phi) is 7.61. The molecular weight excluding hydrogens is 268 g/mol. The number of esters is 1. The van der Waals surface area contributed by atoms with Crippen molar-refractivity contribution in [3.63, 3.8) is 0 Å². The van der Waals surface area contributed by atoms with E-state index >= 15 is 0 Å². The third-order valence-corrected chi connectivity index (χ3v) is 2.89. The summed E-state index contributed by atoms with van der Waals surface area (Å²) >= 11 is 0. The molecule has 0 atom stereocenters. The van der Waals surface area contributed by atoms with Crippen molar-refractivity contribution in [3.8, 4) is 5.75 Å². The maximum absolute atomic E-state index is 11.9. The number of carbonyl (C=O) groups is 1. The van der Waals surface area contributed by atoms with Crippen LogP contribution >= 0.6 is 0 Å². The van der Waals surface area contributed by atoms with Crippen molar-refractivity contribution >= 4 is 11.7 Å². The maximum atomic E-state index is 11.9. The van der Waals surface area contributed by atoms with Gasteiger partial charge in [0.1, 0.15) is 12.4 Å². The van der Waals surface area contributed by atoms with E-state index < -0.39 is 0 Å². The molecule has 118 valence electrons. The minimum Gasteiger partial charge on any atom is -0.491 e. The molecule has 5 nitrogen and oxygen atoms in total. The molecule has 0 spiro atoms. The summed E-state index contributed by atoms with van der Waals surface area (Å²) in [4.78, 5) is 11.9. The van der Waals surface area contributed by atoms with Gasteiger partial charge >= 0.3 is 5.97 Å². The van der Waals surface area contributed by atoms with Crippen LogP contribution in [0.3, 0.4) is 0 Å². The molecule has 0 bridgehead atoms. The van der Waals surface area contributed by atoms with Gasteiger partial charge in [-0.05, 0) is 24.6 Å². The van der Waals surface area contributed by atoms with Gasteiger partial charge in [-0.25, -0.2) is 4.79 Å². The van der Waals surface area contributed by atoms with Crippen LogP contribution in [0.5, 0.6) is 5.75 Å². The number of nitrogen functional groups attached to an aromatic ring is 1. The second-order valence-electron chi connectivity index (χ2n) is 5.20. The first-order valence-corrected chi connectivity index (χ1v) is 7.47. The molecule has 0 aromatic heterocycles. The number of ether oxygens (including phenoxy) is 2. The predicted octanol–water partition coefficient (Wildman–Crippen LogP) is 2.60. The maximum Gasteiger partial charge on any atom is 0.338 e. The number of benzene rings is 1. The van der Waals surface area contributed by atoms with E-state index in [0.717, 1.165) is 12.8 Å². The largest absolute Gasteiger partial charge is 0.491 e. The lowest BCUT2D eigenvalue weighted by atomic mass is 10.2. The van der Waals surface area contributed by atoms with E-state index in [4.69, 9.17) is 15.2 Å². The van der Waals surface area contributed by atoms with E-state index in [2.05, 4.69) is 12.2 Å². The van der Waals surface area contributed by atoms with Gasteiger partial charge in [-0.15, -0.1) is 0 Å². The van der Waals surface area contributed by atoms with Crippen LogP contribution in [0.2, 0.25) is 0 Å². The number of anilines is 1. The zero-order valence-corrected chi connectivity index (χ0v) is 13.1. The fraction of sp³-hybridized carbons (Fsp3) is 0.562. The molecule has 1 aromatic rings. The Morgan fingerprint density at radius 1 is 1.33 bits per heavy atom. The van der Waals surface area contributed by atoms with Gasteiger partial charge in [-0.3, -0.25) is 0 Å². The van der Waals surface area contributed by atoms with Gasteiger partial charge in [-0.1, -0.05) is 27.2 Å². The molecule has 5 heteroatoms. The molecule has 0 aliphatic carbocycles. The Labute approximate surface area is 126 Å². The third kappa shape index (κ3) is 6.49. The van der Waals surface area contributed by atoms with Crippen molar-refractivity contribution in [1.29, 1.82) is 0 Å². The fourth-order valence-corrected chi connectivity index (χ4v) is 1.71. The minimum atomic E-state index is -0.368. The summed E-state index contributed by atoms with van der Waals surface area (Å²) in [5.74, 6) is 0.244. The summed E-state index contributed by atoms with van der Waals surface area (Å²) in [5.41, 5.74) is 6.79. The molecule has 1 aromatic carbocycles. The van der Waals surface area contributed by atoms with Crippen molar-refractivity contribution in [3.05, 3.63) is 23.8 Å². The number of rotatable bonds is 9. The molecule has 0 unspecified atom stereocenters. The highest BCUT2D eigenvalue weighted by atomic mass is 16.5. The monoisotopic (exact) mass is 294 g/mol. The van der Waals surface area contributed by atoms with E-state index in [0.29, 0.717) is 42.8 Å². The Morgan fingerprint density at radius 2 is 2.10 bits per heavy atom. The molecule has 0 heterocycles. The topological polar surface area (TPSA) is 73.6 Å². The highest BCUT2D eigenvalue weighted by Crippen LogP contribution is 2.23. The highest BCUT2D eigenvalue weighted by molar-refractivity contribution is 5.91. The van der Waals surface area contributed by atoms with Crippen LogP contribution in [0.25, 0.3) is 0 Å². The van der Waals surface area contributed by atoms with Crippen molar-refractivity contribution in [1.82, 2.24) is 5.32 Å². The molecule has 3 N–H and O–H groups in total. The summed E-state index contributed by atoms with van der Waals surface area (Å²) in [7, 11) is 0. The van der Waals surface area contributed by atoms with E-state index in [9.17, 15) is 4.79 Å². The number of nitrogens with one attached hydrogen (secondary N) is 1. The van der Waals surface area contributed by atoms with Crippen LogP contribution in [-0.4, -0.2) is 31.8 Å². The summed E-state index contributed by atoms with van der Waals surface area (Å²) in [6.45, 7) is 7.79. The molecule has 0 radical (unpaired) electrons. The Bertz CT molecular complexity index is 447. The number of carbonyl (C=O) groups excluding carboxylic acids is 1. The van der Waals surface area contributed by atoms with Crippen LogP contribution in [0.1, 0.15) is 44.0 Å². The van der Waals surface area contributed by atoms with Gasteiger partial charge in [0, 0.05) is 12.6 Å². The quantitative estimate of drug-likeness (QED) is 0.416. The molecular formula is C16H26N2O3. The predicted molar refractivity (Wildman–Crippen MR) is 84.7 cm³/mol. The van der Waals surface area contributed by atoms with E-state index in [-0.39, 0.29) is 5.97 Å². The molecule has 1 rings (SSSR count). The second-order valence-corrected chi connectivity index (χ2v) is 5.20. The van der Waals surface area contributed by atoms with Crippen molar-refractivity contribution < 1.29 is 14.3 Å².